The molecule has 0 bridgehead atoms. The number of rotatable bonds is 6. The van der Waals surface area contributed by atoms with E-state index in [0.29, 0.717) is 6.54 Å². The summed E-state index contributed by atoms with van der Waals surface area (Å²) in [5.74, 6) is 0.866. The molecule has 22 heavy (non-hydrogen) atoms. The van der Waals surface area contributed by atoms with Gasteiger partial charge in [-0.25, -0.2) is 0 Å². The molecule has 0 aliphatic rings. The van der Waals surface area contributed by atoms with Gasteiger partial charge in [-0.2, -0.15) is 0 Å². The fraction of sp³-hybridized carbons (Fsp3) is 0.278. The van der Waals surface area contributed by atoms with Crippen molar-refractivity contribution in [1.29, 1.82) is 0 Å². The Kier molecular flexibility index (Phi) is 6.24. The molecule has 0 fully saturated rings. The van der Waals surface area contributed by atoms with Gasteiger partial charge in [-0.3, -0.25) is 4.79 Å². The van der Waals surface area contributed by atoms with Crippen LogP contribution in [0, 0.1) is 10.5 Å². The summed E-state index contributed by atoms with van der Waals surface area (Å²) in [4.78, 5) is 12.2. The zero-order chi connectivity index (χ0) is 15.9. The lowest BCUT2D eigenvalue weighted by Crippen LogP contribution is -2.25. The van der Waals surface area contributed by atoms with Crippen LogP contribution in [0.4, 0.5) is 0 Å². The van der Waals surface area contributed by atoms with E-state index in [2.05, 4.69) is 34.0 Å². The van der Waals surface area contributed by atoms with Crippen molar-refractivity contribution in [2.45, 2.75) is 19.8 Å². The lowest BCUT2D eigenvalue weighted by atomic mass is 10.1. The largest absolute Gasteiger partial charge is 0.497 e. The quantitative estimate of drug-likeness (QED) is 0.579. The number of ether oxygens (including phenoxy) is 1. The molecule has 0 unspecified atom stereocenters. The van der Waals surface area contributed by atoms with Crippen LogP contribution in [-0.4, -0.2) is 19.6 Å². The fourth-order valence-electron chi connectivity index (χ4n) is 2.22. The molecule has 116 valence electrons. The summed E-state index contributed by atoms with van der Waals surface area (Å²) in [5.41, 5.74) is 3.13. The highest BCUT2D eigenvalue weighted by Crippen LogP contribution is 2.15. The zero-order valence-electron chi connectivity index (χ0n) is 12.9. The van der Waals surface area contributed by atoms with Crippen molar-refractivity contribution in [2.75, 3.05) is 13.7 Å². The molecular weight excluding hydrogens is 389 g/mol. The van der Waals surface area contributed by atoms with Crippen LogP contribution in [-0.2, 0) is 6.42 Å². The van der Waals surface area contributed by atoms with Crippen molar-refractivity contribution in [3.8, 4) is 5.75 Å². The summed E-state index contributed by atoms with van der Waals surface area (Å²) < 4.78 is 6.20. The average molecular weight is 409 g/mol. The smallest absolute Gasteiger partial charge is 0.252 e. The number of aryl methyl sites for hydroxylation is 2. The fourth-order valence-corrected chi connectivity index (χ4v) is 3.14. The molecule has 3 nitrogen and oxygen atoms in total. The van der Waals surface area contributed by atoms with Gasteiger partial charge in [0.2, 0.25) is 0 Å². The number of methoxy groups -OCH3 is 1. The van der Waals surface area contributed by atoms with Crippen molar-refractivity contribution in [2.24, 2.45) is 0 Å². The molecule has 0 saturated heterocycles. The summed E-state index contributed by atoms with van der Waals surface area (Å²) in [5, 5.41) is 2.98. The SMILES string of the molecule is COc1cccc(CCCNC(=O)c2ccc(C)cc2I)c1. The number of amides is 1. The van der Waals surface area contributed by atoms with E-state index in [-0.39, 0.29) is 5.91 Å². The Bertz CT molecular complexity index is 655. The maximum Gasteiger partial charge on any atom is 0.252 e. The Morgan fingerprint density at radius 3 is 2.77 bits per heavy atom. The third kappa shape index (κ3) is 4.73. The van der Waals surface area contributed by atoms with Crippen molar-refractivity contribution >= 4 is 28.5 Å². The van der Waals surface area contributed by atoms with Gasteiger partial charge in [-0.05, 0) is 72.2 Å². The van der Waals surface area contributed by atoms with E-state index < -0.39 is 0 Å². The van der Waals surface area contributed by atoms with E-state index in [1.165, 1.54) is 11.1 Å². The highest BCUT2D eigenvalue weighted by molar-refractivity contribution is 14.1. The Labute approximate surface area is 145 Å². The first-order valence-electron chi connectivity index (χ1n) is 7.27. The number of halogens is 1. The molecule has 0 aliphatic carbocycles. The Morgan fingerprint density at radius 1 is 1.23 bits per heavy atom. The monoisotopic (exact) mass is 409 g/mol. The predicted molar refractivity (Wildman–Crippen MR) is 97.5 cm³/mol. The van der Waals surface area contributed by atoms with E-state index in [1.807, 2.05) is 43.3 Å². The average Bonchev–Trinajstić information content (AvgIpc) is 2.51. The maximum atomic E-state index is 12.2. The molecule has 0 aliphatic heterocycles. The van der Waals surface area contributed by atoms with E-state index in [0.717, 1.165) is 27.7 Å². The molecular formula is C18H20INO2. The van der Waals surface area contributed by atoms with E-state index >= 15 is 0 Å². The molecule has 0 aromatic heterocycles. The second kappa shape index (κ2) is 8.17. The summed E-state index contributed by atoms with van der Waals surface area (Å²) in [6.07, 6.45) is 1.82. The summed E-state index contributed by atoms with van der Waals surface area (Å²) in [6, 6.07) is 13.9. The Hall–Kier alpha value is -1.56. The van der Waals surface area contributed by atoms with Crippen LogP contribution < -0.4 is 10.1 Å². The van der Waals surface area contributed by atoms with Gasteiger partial charge in [-0.15, -0.1) is 0 Å². The molecule has 2 rings (SSSR count). The second-order valence-corrected chi connectivity index (χ2v) is 6.36. The minimum atomic E-state index is -0.00459. The number of benzene rings is 2. The molecule has 0 spiro atoms. The molecule has 0 atom stereocenters. The van der Waals surface area contributed by atoms with Crippen molar-refractivity contribution in [1.82, 2.24) is 5.32 Å². The molecule has 0 saturated carbocycles. The topological polar surface area (TPSA) is 38.3 Å². The molecule has 2 aromatic carbocycles. The van der Waals surface area contributed by atoms with E-state index in [9.17, 15) is 4.79 Å². The van der Waals surface area contributed by atoms with Gasteiger partial charge < -0.3 is 10.1 Å². The predicted octanol–water partition coefficient (Wildman–Crippen LogP) is 3.97. The van der Waals surface area contributed by atoms with Gasteiger partial charge in [0.05, 0.1) is 12.7 Å². The van der Waals surface area contributed by atoms with Gasteiger partial charge in [-0.1, -0.05) is 23.8 Å². The van der Waals surface area contributed by atoms with Crippen LogP contribution >= 0.6 is 22.6 Å². The number of carbonyl (C=O) groups excluding carboxylic acids is 1. The van der Waals surface area contributed by atoms with Crippen LogP contribution in [0.3, 0.4) is 0 Å². The Balaban J connectivity index is 1.82. The number of hydrogen-bond donors (Lipinski definition) is 1. The molecule has 0 heterocycles. The van der Waals surface area contributed by atoms with Gasteiger partial charge in [0.15, 0.2) is 0 Å². The first-order valence-corrected chi connectivity index (χ1v) is 8.35. The van der Waals surface area contributed by atoms with Gasteiger partial charge >= 0.3 is 0 Å². The molecule has 1 N–H and O–H groups in total. The maximum absolute atomic E-state index is 12.2. The Morgan fingerprint density at radius 2 is 2.05 bits per heavy atom. The highest BCUT2D eigenvalue weighted by atomic mass is 127. The minimum absolute atomic E-state index is 0.00459. The van der Waals surface area contributed by atoms with Crippen molar-refractivity contribution in [3.05, 3.63) is 62.7 Å². The van der Waals surface area contributed by atoms with Crippen molar-refractivity contribution in [3.63, 3.8) is 0 Å². The first kappa shape index (κ1) is 16.8. The summed E-state index contributed by atoms with van der Waals surface area (Å²) in [6.45, 7) is 2.69. The van der Waals surface area contributed by atoms with Crippen LogP contribution in [0.15, 0.2) is 42.5 Å². The number of carbonyl (C=O) groups is 1. The van der Waals surface area contributed by atoms with Crippen LogP contribution in [0.25, 0.3) is 0 Å². The third-order valence-corrected chi connectivity index (χ3v) is 4.32. The van der Waals surface area contributed by atoms with Crippen LogP contribution in [0.2, 0.25) is 0 Å². The third-order valence-electron chi connectivity index (χ3n) is 3.43. The second-order valence-electron chi connectivity index (χ2n) is 5.19. The standard InChI is InChI=1S/C18H20INO2/c1-13-8-9-16(17(19)11-13)18(21)20-10-4-6-14-5-3-7-15(12-14)22-2/h3,5,7-9,11-12H,4,6,10H2,1-2H3,(H,20,21). The molecule has 0 radical (unpaired) electrons. The molecule has 2 aromatic rings. The zero-order valence-corrected chi connectivity index (χ0v) is 15.0. The lowest BCUT2D eigenvalue weighted by Gasteiger charge is -2.08. The van der Waals surface area contributed by atoms with E-state index in [4.69, 9.17) is 4.74 Å². The van der Waals surface area contributed by atoms with Crippen LogP contribution in [0.5, 0.6) is 5.75 Å². The summed E-state index contributed by atoms with van der Waals surface area (Å²) >= 11 is 2.20. The molecule has 1 amide bonds. The van der Waals surface area contributed by atoms with E-state index in [1.54, 1.807) is 7.11 Å². The summed E-state index contributed by atoms with van der Waals surface area (Å²) in [7, 11) is 1.67. The van der Waals surface area contributed by atoms with Gasteiger partial charge in [0.25, 0.3) is 5.91 Å². The molecule has 4 heteroatoms. The minimum Gasteiger partial charge on any atom is -0.497 e. The lowest BCUT2D eigenvalue weighted by molar-refractivity contribution is 0.0952. The van der Waals surface area contributed by atoms with Crippen LogP contribution in [0.1, 0.15) is 27.9 Å². The van der Waals surface area contributed by atoms with Gasteiger partial charge in [0, 0.05) is 10.1 Å². The first-order chi connectivity index (χ1) is 10.6. The van der Waals surface area contributed by atoms with Crippen molar-refractivity contribution < 1.29 is 9.53 Å². The number of hydrogen-bond acceptors (Lipinski definition) is 2. The van der Waals surface area contributed by atoms with Gasteiger partial charge in [0.1, 0.15) is 5.75 Å². The normalized spacial score (nSPS) is 10.3. The highest BCUT2D eigenvalue weighted by Gasteiger charge is 2.09. The number of nitrogens with one attached hydrogen (secondary N) is 1.